The second kappa shape index (κ2) is 43.1. The van der Waals surface area contributed by atoms with Crippen LogP contribution < -0.4 is 0 Å². The maximum atomic E-state index is 12.9. The smallest absolute Gasteiger partial charge is 0.307 e. The molecule has 10 heteroatoms. The number of hydrogen-bond donors (Lipinski definition) is 0. The first-order valence-corrected chi connectivity index (χ1v) is 29.0. The van der Waals surface area contributed by atoms with Crippen molar-refractivity contribution in [3.63, 3.8) is 0 Å². The minimum Gasteiger partial charge on any atom is -0.466 e. The van der Waals surface area contributed by atoms with Crippen molar-refractivity contribution < 1.29 is 33.3 Å². The van der Waals surface area contributed by atoms with Crippen LogP contribution in [0.2, 0.25) is 0 Å². The number of carbonyl (C=O) groups excluding carboxylic acids is 3. The highest BCUT2D eigenvalue weighted by atomic mass is 16.5. The van der Waals surface area contributed by atoms with Crippen LogP contribution >= 0.6 is 0 Å². The van der Waals surface area contributed by atoms with Gasteiger partial charge in [-0.2, -0.15) is 0 Å². The van der Waals surface area contributed by atoms with Gasteiger partial charge in [0.05, 0.1) is 26.2 Å². The van der Waals surface area contributed by atoms with E-state index in [1.54, 1.807) is 0 Å². The van der Waals surface area contributed by atoms with Crippen molar-refractivity contribution in [3.05, 3.63) is 0 Å². The van der Waals surface area contributed by atoms with Crippen molar-refractivity contribution in [2.45, 2.75) is 258 Å². The molecule has 0 aliphatic carbocycles. The molecule has 0 aromatic rings. The van der Waals surface area contributed by atoms with E-state index in [1.807, 2.05) is 0 Å². The summed E-state index contributed by atoms with van der Waals surface area (Å²) < 4.78 is 23.6. The molecule has 2 aliphatic heterocycles. The molecule has 2 saturated heterocycles. The minimum absolute atomic E-state index is 0.0328. The average molecular weight is 949 g/mol. The van der Waals surface area contributed by atoms with Gasteiger partial charge in [0.2, 0.25) is 0 Å². The molecule has 1 unspecified atom stereocenters. The van der Waals surface area contributed by atoms with E-state index in [9.17, 15) is 14.4 Å². The molecule has 67 heavy (non-hydrogen) atoms. The Bertz CT molecular complexity index is 1150. The molecule has 2 heterocycles. The van der Waals surface area contributed by atoms with Gasteiger partial charge in [-0.15, -0.1) is 0 Å². The van der Waals surface area contributed by atoms with Gasteiger partial charge in [-0.05, 0) is 76.8 Å². The predicted octanol–water partition coefficient (Wildman–Crippen LogP) is 13.5. The SMILES string of the molecule is CCCCCC(CCCCC)CCCOC(=O)CCCCCCCOCC1C[C@H](OC(=O)CCN2CCN(C)CC2)CN1CCCCCCCC(=O)OCCCC(CCCCC)CCCCC. The number of nitrogens with zero attached hydrogens (tertiary/aromatic N) is 3. The van der Waals surface area contributed by atoms with Crippen LogP contribution in [0.25, 0.3) is 0 Å². The Morgan fingerprint density at radius 3 is 1.45 bits per heavy atom. The van der Waals surface area contributed by atoms with Crippen LogP contribution in [0.1, 0.15) is 246 Å². The Kier molecular flexibility index (Phi) is 39.5. The molecule has 0 aromatic heterocycles. The number of rotatable bonds is 46. The fourth-order valence-electron chi connectivity index (χ4n) is 10.2. The minimum atomic E-state index is -0.0812. The zero-order valence-corrected chi connectivity index (χ0v) is 44.8. The monoisotopic (exact) mass is 948 g/mol. The van der Waals surface area contributed by atoms with Crippen molar-refractivity contribution in [1.29, 1.82) is 0 Å². The van der Waals surface area contributed by atoms with Crippen LogP contribution in [-0.2, 0) is 33.3 Å². The molecular formula is C57H109N3O7. The van der Waals surface area contributed by atoms with Crippen molar-refractivity contribution in [1.82, 2.24) is 14.7 Å². The third kappa shape index (κ3) is 34.3. The zero-order valence-electron chi connectivity index (χ0n) is 44.8. The first kappa shape index (κ1) is 61.4. The maximum Gasteiger partial charge on any atom is 0.307 e. The maximum absolute atomic E-state index is 12.9. The second-order valence-corrected chi connectivity index (χ2v) is 20.9. The Morgan fingerprint density at radius 1 is 0.478 bits per heavy atom. The van der Waals surface area contributed by atoms with Crippen LogP contribution in [0.3, 0.4) is 0 Å². The third-order valence-electron chi connectivity index (χ3n) is 14.7. The number of ether oxygens (including phenoxy) is 4. The number of unbranched alkanes of at least 4 members (excludes halogenated alkanes) is 16. The molecular weight excluding hydrogens is 839 g/mol. The summed E-state index contributed by atoms with van der Waals surface area (Å²) in [5, 5.41) is 0. The fourth-order valence-corrected chi connectivity index (χ4v) is 10.2. The molecule has 0 aromatic carbocycles. The molecule has 2 rings (SSSR count). The highest BCUT2D eigenvalue weighted by Gasteiger charge is 2.34. The van der Waals surface area contributed by atoms with Crippen molar-refractivity contribution in [2.75, 3.05) is 79.3 Å². The van der Waals surface area contributed by atoms with Crippen LogP contribution in [0.4, 0.5) is 0 Å². The van der Waals surface area contributed by atoms with Crippen molar-refractivity contribution in [3.8, 4) is 0 Å². The standard InChI is InChI=1S/C57H109N3O7/c1-6-10-20-30-51(31-21-11-7-2)34-28-46-65-55(61)36-24-16-14-18-26-39-60-49-54(67-57(63)38-40-59-43-41-58(5)42-44-59)48-53(60)50-64-45-27-19-15-17-25-37-56(62)66-47-29-35-52(32-22-12-8-3)33-23-13-9-4/h51-54H,6-50H2,1-5H3/t53?,54-/m0/s1. The average Bonchev–Trinajstić information content (AvgIpc) is 3.70. The van der Waals surface area contributed by atoms with Crippen molar-refractivity contribution in [2.24, 2.45) is 11.8 Å². The van der Waals surface area contributed by atoms with E-state index >= 15 is 0 Å². The first-order chi connectivity index (χ1) is 32.8. The highest BCUT2D eigenvalue weighted by Crippen LogP contribution is 2.25. The second-order valence-electron chi connectivity index (χ2n) is 20.9. The van der Waals surface area contributed by atoms with Crippen LogP contribution in [0.5, 0.6) is 0 Å². The summed E-state index contributed by atoms with van der Waals surface area (Å²) in [5.41, 5.74) is 0. The summed E-state index contributed by atoms with van der Waals surface area (Å²) in [4.78, 5) is 45.0. The van der Waals surface area contributed by atoms with Gasteiger partial charge in [0.15, 0.2) is 0 Å². The number of likely N-dealkylation sites (N-methyl/N-ethyl adjacent to an activating group) is 1. The lowest BCUT2D eigenvalue weighted by Crippen LogP contribution is -2.45. The molecule has 10 nitrogen and oxygen atoms in total. The third-order valence-corrected chi connectivity index (χ3v) is 14.7. The molecule has 2 atom stereocenters. The lowest BCUT2D eigenvalue weighted by atomic mass is 9.91. The van der Waals surface area contributed by atoms with Gasteiger partial charge >= 0.3 is 17.9 Å². The lowest BCUT2D eigenvalue weighted by molar-refractivity contribution is -0.149. The number of hydrogen-bond acceptors (Lipinski definition) is 10. The number of esters is 3. The summed E-state index contributed by atoms with van der Waals surface area (Å²) in [6.07, 6.45) is 38.1. The molecule has 0 spiro atoms. The summed E-state index contributed by atoms with van der Waals surface area (Å²) >= 11 is 0. The lowest BCUT2D eigenvalue weighted by Gasteiger charge is -2.32. The number of piperazine rings is 1. The van der Waals surface area contributed by atoms with E-state index in [1.165, 1.54) is 116 Å². The summed E-state index contributed by atoms with van der Waals surface area (Å²) in [7, 11) is 2.15. The van der Waals surface area contributed by atoms with Gasteiger partial charge in [-0.1, -0.05) is 169 Å². The zero-order chi connectivity index (χ0) is 48.4. The van der Waals surface area contributed by atoms with Crippen LogP contribution in [0, 0.1) is 11.8 Å². The molecule has 0 saturated carbocycles. The molecule has 2 fully saturated rings. The Hall–Kier alpha value is -1.75. The van der Waals surface area contributed by atoms with E-state index in [4.69, 9.17) is 18.9 Å². The van der Waals surface area contributed by atoms with Gasteiger partial charge in [0, 0.05) is 71.2 Å². The van der Waals surface area contributed by atoms with Crippen LogP contribution in [0.15, 0.2) is 0 Å². The quantitative estimate of drug-likeness (QED) is 0.0333. The van der Waals surface area contributed by atoms with Gasteiger partial charge in [-0.3, -0.25) is 19.3 Å². The Morgan fingerprint density at radius 2 is 0.940 bits per heavy atom. The summed E-state index contributed by atoms with van der Waals surface area (Å²) in [6, 6.07) is 0.257. The fraction of sp³-hybridized carbons (Fsp3) is 0.947. The van der Waals surface area contributed by atoms with Crippen LogP contribution in [-0.4, -0.2) is 124 Å². The van der Waals surface area contributed by atoms with E-state index in [0.717, 1.165) is 148 Å². The van der Waals surface area contributed by atoms with Crippen molar-refractivity contribution >= 4 is 17.9 Å². The summed E-state index contributed by atoms with van der Waals surface area (Å²) in [6.45, 7) is 18.3. The molecule has 0 amide bonds. The predicted molar refractivity (Wildman–Crippen MR) is 279 cm³/mol. The normalized spacial score (nSPS) is 17.2. The van der Waals surface area contributed by atoms with E-state index in [0.29, 0.717) is 39.1 Å². The molecule has 0 radical (unpaired) electrons. The van der Waals surface area contributed by atoms with Gasteiger partial charge in [-0.25, -0.2) is 0 Å². The van der Waals surface area contributed by atoms with Gasteiger partial charge in [0.1, 0.15) is 6.10 Å². The molecule has 394 valence electrons. The van der Waals surface area contributed by atoms with Gasteiger partial charge < -0.3 is 28.7 Å². The number of carbonyl (C=O) groups is 3. The Labute approximate surface area is 413 Å². The van der Waals surface area contributed by atoms with E-state index in [2.05, 4.69) is 49.4 Å². The van der Waals surface area contributed by atoms with Gasteiger partial charge in [0.25, 0.3) is 0 Å². The first-order valence-electron chi connectivity index (χ1n) is 29.0. The molecule has 0 bridgehead atoms. The Balaban J connectivity index is 1.63. The molecule has 2 aliphatic rings. The summed E-state index contributed by atoms with van der Waals surface area (Å²) in [5.74, 6) is 1.43. The largest absolute Gasteiger partial charge is 0.466 e. The highest BCUT2D eigenvalue weighted by molar-refractivity contribution is 5.70. The van der Waals surface area contributed by atoms with E-state index < -0.39 is 0 Å². The van der Waals surface area contributed by atoms with E-state index in [-0.39, 0.29) is 30.1 Å². The topological polar surface area (TPSA) is 97.9 Å². The number of likely N-dealkylation sites (tertiary alicyclic amines) is 1. The molecule has 0 N–H and O–H groups in total.